The van der Waals surface area contributed by atoms with Crippen molar-refractivity contribution in [2.45, 2.75) is 6.61 Å². The Morgan fingerprint density at radius 1 is 1.08 bits per heavy atom. The third-order valence-corrected chi connectivity index (χ3v) is 3.62. The van der Waals surface area contributed by atoms with E-state index in [0.29, 0.717) is 12.4 Å². The Labute approximate surface area is 145 Å². The van der Waals surface area contributed by atoms with Crippen LogP contribution in [-0.2, 0) is 6.61 Å². The van der Waals surface area contributed by atoms with E-state index in [1.807, 2.05) is 60.7 Å². The summed E-state index contributed by atoms with van der Waals surface area (Å²) in [7, 11) is 0. The molecule has 124 valence electrons. The number of benzene rings is 2. The molecule has 5 heteroatoms. The topological polar surface area (TPSA) is 65.3 Å². The van der Waals surface area contributed by atoms with Crippen molar-refractivity contribution in [1.29, 1.82) is 0 Å². The summed E-state index contributed by atoms with van der Waals surface area (Å²) in [6.07, 6.45) is 5.81. The Morgan fingerprint density at radius 3 is 2.64 bits per heavy atom. The first-order valence-electron chi connectivity index (χ1n) is 7.75. The molecule has 0 aliphatic heterocycles. The van der Waals surface area contributed by atoms with E-state index in [1.54, 1.807) is 12.4 Å². The lowest BCUT2D eigenvalue weighted by Gasteiger charge is -2.11. The maximum absolute atomic E-state index is 10.6. The van der Waals surface area contributed by atoms with Gasteiger partial charge in [0.2, 0.25) is 6.20 Å². The maximum atomic E-state index is 10.6. The van der Waals surface area contributed by atoms with Crippen LogP contribution < -0.4 is 4.74 Å². The number of ether oxygens (including phenoxy) is 1. The molecule has 0 bridgehead atoms. The number of nitrogens with zero attached hydrogens (tertiary/aromatic N) is 2. The van der Waals surface area contributed by atoms with E-state index in [2.05, 4.69) is 4.98 Å². The van der Waals surface area contributed by atoms with Gasteiger partial charge in [-0.05, 0) is 34.9 Å². The normalized spacial score (nSPS) is 10.7. The van der Waals surface area contributed by atoms with Crippen molar-refractivity contribution in [3.63, 3.8) is 0 Å². The smallest absolute Gasteiger partial charge is 0.235 e. The standard InChI is InChI=1S/C20H16N2O3/c23-22(24)12-10-17-8-9-19(25-15-16-5-2-1-3-6-16)13-20(17)18-7-4-11-21-14-18/h1-14H,15H2/b12-10+. The van der Waals surface area contributed by atoms with Gasteiger partial charge in [0.05, 0.1) is 4.92 Å². The SMILES string of the molecule is O=[N+]([O-])/C=C/c1ccc(OCc2ccccc2)cc1-c1cccnc1. The summed E-state index contributed by atoms with van der Waals surface area (Å²) in [6.45, 7) is 0.456. The Balaban J connectivity index is 1.90. The van der Waals surface area contributed by atoms with Crippen LogP contribution in [0.5, 0.6) is 5.75 Å². The minimum absolute atomic E-state index is 0.456. The van der Waals surface area contributed by atoms with Gasteiger partial charge in [0, 0.05) is 24.0 Å². The lowest BCUT2D eigenvalue weighted by Crippen LogP contribution is -1.96. The fourth-order valence-electron chi connectivity index (χ4n) is 2.42. The zero-order valence-corrected chi connectivity index (χ0v) is 13.4. The molecule has 0 spiro atoms. The minimum atomic E-state index is -0.479. The molecule has 0 N–H and O–H groups in total. The quantitative estimate of drug-likeness (QED) is 0.490. The monoisotopic (exact) mass is 332 g/mol. The van der Waals surface area contributed by atoms with E-state index in [1.165, 1.54) is 6.08 Å². The molecule has 1 heterocycles. The summed E-state index contributed by atoms with van der Waals surface area (Å²) in [5, 5.41) is 10.6. The Hall–Kier alpha value is -3.47. The van der Waals surface area contributed by atoms with Gasteiger partial charge >= 0.3 is 0 Å². The van der Waals surface area contributed by atoms with Crippen LogP contribution in [0, 0.1) is 10.1 Å². The van der Waals surface area contributed by atoms with Crippen molar-refractivity contribution < 1.29 is 9.66 Å². The Kier molecular flexibility index (Phi) is 5.16. The highest BCUT2D eigenvalue weighted by Crippen LogP contribution is 2.29. The third-order valence-electron chi connectivity index (χ3n) is 3.62. The second-order valence-electron chi connectivity index (χ2n) is 5.37. The molecule has 3 aromatic rings. The van der Waals surface area contributed by atoms with Crippen molar-refractivity contribution in [3.05, 3.63) is 100 Å². The molecule has 0 aliphatic rings. The van der Waals surface area contributed by atoms with Crippen LogP contribution in [0.4, 0.5) is 0 Å². The molecule has 1 aromatic heterocycles. The maximum Gasteiger partial charge on any atom is 0.235 e. The summed E-state index contributed by atoms with van der Waals surface area (Å²) < 4.78 is 5.86. The summed E-state index contributed by atoms with van der Waals surface area (Å²) >= 11 is 0. The molecule has 5 nitrogen and oxygen atoms in total. The van der Waals surface area contributed by atoms with Crippen LogP contribution in [0.2, 0.25) is 0 Å². The van der Waals surface area contributed by atoms with Gasteiger partial charge in [-0.3, -0.25) is 15.1 Å². The number of hydrogen-bond donors (Lipinski definition) is 0. The van der Waals surface area contributed by atoms with Crippen molar-refractivity contribution in [3.8, 4) is 16.9 Å². The number of pyridine rings is 1. The molecule has 0 saturated heterocycles. The van der Waals surface area contributed by atoms with Crippen molar-refractivity contribution in [1.82, 2.24) is 4.98 Å². The molecule has 2 aromatic carbocycles. The molecule has 0 unspecified atom stereocenters. The highest BCUT2D eigenvalue weighted by molar-refractivity contribution is 5.75. The second kappa shape index (κ2) is 7.88. The molecular formula is C20H16N2O3. The lowest BCUT2D eigenvalue weighted by atomic mass is 10.0. The predicted octanol–water partition coefficient (Wildman–Crippen LogP) is 4.58. The summed E-state index contributed by atoms with van der Waals surface area (Å²) in [5.74, 6) is 0.695. The average molecular weight is 332 g/mol. The molecule has 0 aliphatic carbocycles. The fourth-order valence-corrected chi connectivity index (χ4v) is 2.42. The van der Waals surface area contributed by atoms with Gasteiger partial charge in [0.1, 0.15) is 12.4 Å². The van der Waals surface area contributed by atoms with E-state index in [-0.39, 0.29) is 0 Å². The number of aromatic nitrogens is 1. The zero-order chi connectivity index (χ0) is 17.5. The Morgan fingerprint density at radius 2 is 1.92 bits per heavy atom. The van der Waals surface area contributed by atoms with Crippen LogP contribution in [0.1, 0.15) is 11.1 Å². The van der Waals surface area contributed by atoms with Crippen LogP contribution in [-0.4, -0.2) is 9.91 Å². The van der Waals surface area contributed by atoms with Crippen LogP contribution in [0.3, 0.4) is 0 Å². The van der Waals surface area contributed by atoms with E-state index in [4.69, 9.17) is 4.74 Å². The van der Waals surface area contributed by atoms with Gasteiger partial charge in [0.15, 0.2) is 0 Å². The fraction of sp³-hybridized carbons (Fsp3) is 0.0500. The highest BCUT2D eigenvalue weighted by atomic mass is 16.6. The van der Waals surface area contributed by atoms with E-state index in [9.17, 15) is 10.1 Å². The van der Waals surface area contributed by atoms with Crippen LogP contribution in [0.25, 0.3) is 17.2 Å². The molecular weight excluding hydrogens is 316 g/mol. The van der Waals surface area contributed by atoms with Crippen LogP contribution >= 0.6 is 0 Å². The molecule has 0 saturated carbocycles. The average Bonchev–Trinajstić information content (AvgIpc) is 2.66. The van der Waals surface area contributed by atoms with E-state index < -0.39 is 4.92 Å². The highest BCUT2D eigenvalue weighted by Gasteiger charge is 2.07. The van der Waals surface area contributed by atoms with E-state index >= 15 is 0 Å². The van der Waals surface area contributed by atoms with Gasteiger partial charge in [-0.1, -0.05) is 42.5 Å². The van der Waals surface area contributed by atoms with Crippen molar-refractivity contribution in [2.24, 2.45) is 0 Å². The first-order valence-corrected chi connectivity index (χ1v) is 7.75. The van der Waals surface area contributed by atoms with Gasteiger partial charge in [0.25, 0.3) is 0 Å². The largest absolute Gasteiger partial charge is 0.489 e. The lowest BCUT2D eigenvalue weighted by molar-refractivity contribution is -0.400. The molecule has 0 radical (unpaired) electrons. The van der Waals surface area contributed by atoms with Crippen LogP contribution in [0.15, 0.2) is 79.3 Å². The number of hydrogen-bond acceptors (Lipinski definition) is 4. The first kappa shape index (κ1) is 16.4. The molecule has 0 fully saturated rings. The van der Waals surface area contributed by atoms with Gasteiger partial charge in [-0.15, -0.1) is 0 Å². The predicted molar refractivity (Wildman–Crippen MR) is 96.5 cm³/mol. The zero-order valence-electron chi connectivity index (χ0n) is 13.4. The second-order valence-corrected chi connectivity index (χ2v) is 5.37. The Bertz CT molecular complexity index is 878. The summed E-state index contributed by atoms with van der Waals surface area (Å²) in [5.41, 5.74) is 3.51. The first-order chi connectivity index (χ1) is 12.2. The molecule has 25 heavy (non-hydrogen) atoms. The van der Waals surface area contributed by atoms with Crippen molar-refractivity contribution in [2.75, 3.05) is 0 Å². The molecule has 0 atom stereocenters. The van der Waals surface area contributed by atoms with Gasteiger partial charge in [-0.25, -0.2) is 0 Å². The minimum Gasteiger partial charge on any atom is -0.489 e. The summed E-state index contributed by atoms with van der Waals surface area (Å²) in [6, 6.07) is 19.1. The summed E-state index contributed by atoms with van der Waals surface area (Å²) in [4.78, 5) is 14.3. The number of nitro groups is 1. The molecule has 0 amide bonds. The number of rotatable bonds is 6. The third kappa shape index (κ3) is 4.51. The van der Waals surface area contributed by atoms with Crippen molar-refractivity contribution >= 4 is 6.08 Å². The van der Waals surface area contributed by atoms with Gasteiger partial charge < -0.3 is 4.74 Å². The molecule has 3 rings (SSSR count). The van der Waals surface area contributed by atoms with E-state index in [0.717, 1.165) is 28.5 Å². The van der Waals surface area contributed by atoms with Gasteiger partial charge in [-0.2, -0.15) is 0 Å².